The monoisotopic (exact) mass is 181 g/mol. The van der Waals surface area contributed by atoms with E-state index in [0.29, 0.717) is 12.4 Å². The predicted octanol–water partition coefficient (Wildman–Crippen LogP) is 1.46. The van der Waals surface area contributed by atoms with Crippen LogP contribution in [0.5, 0.6) is 11.5 Å². The summed E-state index contributed by atoms with van der Waals surface area (Å²) in [6.07, 6.45) is 0. The topological polar surface area (TPSA) is 44.8 Å². The zero-order valence-electron chi connectivity index (χ0n) is 7.15. The first kappa shape index (κ1) is 9.38. The van der Waals surface area contributed by atoms with Crippen LogP contribution in [0.4, 0.5) is 0 Å². The third kappa shape index (κ3) is 3.02. The molecule has 0 heterocycles. The highest BCUT2D eigenvalue weighted by Crippen LogP contribution is 2.17. The van der Waals surface area contributed by atoms with E-state index in [1.165, 1.54) is 0 Å². The molecule has 1 radical (unpaired) electrons. The quantitative estimate of drug-likeness (QED) is 0.509. The van der Waals surface area contributed by atoms with E-state index in [9.17, 15) is 4.79 Å². The summed E-state index contributed by atoms with van der Waals surface area (Å²) in [5, 5.41) is 0. The van der Waals surface area contributed by atoms with Crippen molar-refractivity contribution in [2.75, 3.05) is 6.61 Å². The first-order valence-electron chi connectivity index (χ1n) is 3.80. The zero-order chi connectivity index (χ0) is 9.52. The lowest BCUT2D eigenvalue weighted by molar-refractivity contribution is -0.118. The molecule has 0 aliphatic carbocycles. The Hall–Kier alpha value is -1.71. The molecular formula is C9H9O4. The molecule has 4 heteroatoms. The summed E-state index contributed by atoms with van der Waals surface area (Å²) in [6.45, 7) is 3.66. The molecule has 0 unspecified atom stereocenters. The van der Waals surface area contributed by atoms with Gasteiger partial charge in [0.2, 0.25) is 0 Å². The maximum Gasteiger partial charge on any atom is 0.467 e. The lowest BCUT2D eigenvalue weighted by Gasteiger charge is -2.03. The van der Waals surface area contributed by atoms with E-state index >= 15 is 0 Å². The van der Waals surface area contributed by atoms with Gasteiger partial charge in [0.1, 0.15) is 5.75 Å². The molecule has 0 aromatic heterocycles. The molecule has 4 nitrogen and oxygen atoms in total. The van der Waals surface area contributed by atoms with Gasteiger partial charge in [0.15, 0.2) is 5.75 Å². The van der Waals surface area contributed by atoms with Crippen LogP contribution in [0.15, 0.2) is 24.3 Å². The van der Waals surface area contributed by atoms with E-state index in [2.05, 4.69) is 9.78 Å². The molecule has 69 valence electrons. The molecule has 0 saturated heterocycles. The summed E-state index contributed by atoms with van der Waals surface area (Å²) in [7, 11) is 0. The van der Waals surface area contributed by atoms with Gasteiger partial charge in [-0.15, -0.1) is 0 Å². The van der Waals surface area contributed by atoms with Gasteiger partial charge in [-0.3, -0.25) is 4.89 Å². The second kappa shape index (κ2) is 5.03. The number of ether oxygens (including phenoxy) is 1. The highest BCUT2D eigenvalue weighted by molar-refractivity contribution is 5.38. The Bertz CT molecular complexity index is 255. The molecule has 1 aromatic rings. The fourth-order valence-electron chi connectivity index (χ4n) is 0.823. The Balaban J connectivity index is 2.53. The molecule has 1 rings (SSSR count). The molecule has 0 atom stereocenters. The number of carbonyl (C=O) groups excluding carboxylic acids is 1. The average Bonchev–Trinajstić information content (AvgIpc) is 2.17. The second-order valence-electron chi connectivity index (χ2n) is 2.15. The maximum absolute atomic E-state index is 9.65. The van der Waals surface area contributed by atoms with Crippen molar-refractivity contribution < 1.29 is 19.3 Å². The van der Waals surface area contributed by atoms with Gasteiger partial charge in [-0.1, -0.05) is 0 Å². The summed E-state index contributed by atoms with van der Waals surface area (Å²) in [4.78, 5) is 18.1. The van der Waals surface area contributed by atoms with Crippen molar-refractivity contribution in [1.29, 1.82) is 0 Å². The van der Waals surface area contributed by atoms with Crippen molar-refractivity contribution in [3.63, 3.8) is 0 Å². The maximum atomic E-state index is 9.65. The number of benzene rings is 1. The van der Waals surface area contributed by atoms with Crippen LogP contribution >= 0.6 is 0 Å². The molecule has 0 aliphatic heterocycles. The van der Waals surface area contributed by atoms with Crippen LogP contribution < -0.4 is 9.62 Å². The first-order chi connectivity index (χ1) is 6.36. The van der Waals surface area contributed by atoms with Crippen LogP contribution in [-0.4, -0.2) is 13.1 Å². The lowest BCUT2D eigenvalue weighted by atomic mass is 10.3. The van der Waals surface area contributed by atoms with Crippen LogP contribution in [0.2, 0.25) is 0 Å². The van der Waals surface area contributed by atoms with E-state index in [1.54, 1.807) is 24.3 Å². The van der Waals surface area contributed by atoms with Crippen LogP contribution in [-0.2, 0) is 9.68 Å². The molecule has 1 aromatic carbocycles. The summed E-state index contributed by atoms with van der Waals surface area (Å²) in [5.41, 5.74) is 0. The number of rotatable bonds is 5. The number of hydrogen-bond donors (Lipinski definition) is 0. The van der Waals surface area contributed by atoms with Gasteiger partial charge in [-0.2, -0.15) is 0 Å². The molecule has 13 heavy (non-hydrogen) atoms. The van der Waals surface area contributed by atoms with Gasteiger partial charge < -0.3 is 4.74 Å². The summed E-state index contributed by atoms with van der Waals surface area (Å²) in [6, 6.07) is 6.69. The minimum Gasteiger partial charge on any atom is -0.494 e. The number of hydrogen-bond acceptors (Lipinski definition) is 4. The molecule has 0 fully saturated rings. The Kier molecular flexibility index (Phi) is 3.63. The van der Waals surface area contributed by atoms with Crippen LogP contribution in [0, 0.1) is 0 Å². The lowest BCUT2D eigenvalue weighted by Crippen LogP contribution is -1.94. The van der Waals surface area contributed by atoms with Crippen molar-refractivity contribution in [1.82, 2.24) is 0 Å². The summed E-state index contributed by atoms with van der Waals surface area (Å²) >= 11 is 0. The fourth-order valence-corrected chi connectivity index (χ4v) is 0.823. The van der Waals surface area contributed by atoms with Gasteiger partial charge in [0.25, 0.3) is 0 Å². The third-order valence-corrected chi connectivity index (χ3v) is 1.31. The van der Waals surface area contributed by atoms with Gasteiger partial charge in [-0.25, -0.2) is 9.68 Å². The molecule has 0 bridgehead atoms. The fraction of sp³-hybridized carbons (Fsp3) is 0.222. The standard InChI is InChI=1S/C9H9O4/c1-2-11-8-3-5-9(6-4-8)13-12-7-10/h3-6H,2H2,1H3. The predicted molar refractivity (Wildman–Crippen MR) is 45.0 cm³/mol. The highest BCUT2D eigenvalue weighted by Gasteiger charge is 1.95. The SMILES string of the molecule is CCOc1ccc(OO[C]=O)cc1. The Morgan fingerprint density at radius 1 is 1.23 bits per heavy atom. The largest absolute Gasteiger partial charge is 0.494 e. The molecule has 0 amide bonds. The Labute approximate surface area is 76.0 Å². The van der Waals surface area contributed by atoms with E-state index < -0.39 is 0 Å². The van der Waals surface area contributed by atoms with E-state index in [0.717, 1.165) is 12.2 Å². The summed E-state index contributed by atoms with van der Waals surface area (Å²) in [5.74, 6) is 1.16. The minimum atomic E-state index is 0.423. The average molecular weight is 181 g/mol. The summed E-state index contributed by atoms with van der Waals surface area (Å²) < 4.78 is 5.19. The van der Waals surface area contributed by atoms with Crippen molar-refractivity contribution >= 4 is 6.47 Å². The normalized spacial score (nSPS) is 9.00. The first-order valence-corrected chi connectivity index (χ1v) is 3.80. The van der Waals surface area contributed by atoms with Gasteiger partial charge in [0.05, 0.1) is 6.61 Å². The highest BCUT2D eigenvalue weighted by atomic mass is 17.2. The molecule has 0 aliphatic rings. The Morgan fingerprint density at radius 3 is 2.38 bits per heavy atom. The zero-order valence-corrected chi connectivity index (χ0v) is 7.15. The van der Waals surface area contributed by atoms with Crippen LogP contribution in [0.3, 0.4) is 0 Å². The van der Waals surface area contributed by atoms with Crippen molar-refractivity contribution in [3.8, 4) is 11.5 Å². The third-order valence-electron chi connectivity index (χ3n) is 1.31. The second-order valence-corrected chi connectivity index (χ2v) is 2.15. The van der Waals surface area contributed by atoms with E-state index in [-0.39, 0.29) is 0 Å². The van der Waals surface area contributed by atoms with E-state index in [1.807, 2.05) is 6.92 Å². The van der Waals surface area contributed by atoms with Gasteiger partial charge in [0, 0.05) is 0 Å². The van der Waals surface area contributed by atoms with Crippen molar-refractivity contribution in [3.05, 3.63) is 24.3 Å². The molecular weight excluding hydrogens is 172 g/mol. The minimum absolute atomic E-state index is 0.423. The smallest absolute Gasteiger partial charge is 0.467 e. The van der Waals surface area contributed by atoms with Crippen molar-refractivity contribution in [2.45, 2.75) is 6.92 Å². The molecule has 0 N–H and O–H groups in total. The van der Waals surface area contributed by atoms with Crippen LogP contribution in [0.25, 0.3) is 0 Å². The Morgan fingerprint density at radius 2 is 1.85 bits per heavy atom. The van der Waals surface area contributed by atoms with Crippen molar-refractivity contribution in [2.24, 2.45) is 0 Å². The molecule has 0 saturated carbocycles. The van der Waals surface area contributed by atoms with Gasteiger partial charge >= 0.3 is 6.47 Å². The van der Waals surface area contributed by atoms with Crippen LogP contribution in [0.1, 0.15) is 6.92 Å². The van der Waals surface area contributed by atoms with E-state index in [4.69, 9.17) is 4.74 Å². The molecule has 0 spiro atoms. The van der Waals surface area contributed by atoms with Gasteiger partial charge in [-0.05, 0) is 31.2 Å².